The predicted octanol–water partition coefficient (Wildman–Crippen LogP) is 5.83. The van der Waals surface area contributed by atoms with Gasteiger partial charge in [-0.2, -0.15) is 13.2 Å². The van der Waals surface area contributed by atoms with Gasteiger partial charge >= 0.3 is 12.1 Å². The fraction of sp³-hybridized carbons (Fsp3) is 0.375. The number of esters is 1. The molecule has 34 heavy (non-hydrogen) atoms. The molecule has 0 unspecified atom stereocenters. The summed E-state index contributed by atoms with van der Waals surface area (Å²) >= 11 is 0. The van der Waals surface area contributed by atoms with Gasteiger partial charge in [-0.05, 0) is 63.9 Å². The van der Waals surface area contributed by atoms with Crippen molar-refractivity contribution in [1.29, 1.82) is 0 Å². The SMILES string of the molecule is Cc1ccc(N(C)c2nnc(-c3ccc(C)c(C(F)(F)F)c3)n2CC(=O)OC(C)(C)C)cc1F. The number of aromatic nitrogens is 3. The Bertz CT molecular complexity index is 1210. The lowest BCUT2D eigenvalue weighted by Gasteiger charge is -2.23. The summed E-state index contributed by atoms with van der Waals surface area (Å²) in [4.78, 5) is 14.1. The van der Waals surface area contributed by atoms with Crippen molar-refractivity contribution in [1.82, 2.24) is 14.8 Å². The first-order chi connectivity index (χ1) is 15.7. The largest absolute Gasteiger partial charge is 0.459 e. The second-order valence-electron chi connectivity index (χ2n) is 9.02. The van der Waals surface area contributed by atoms with E-state index in [1.807, 2.05) is 0 Å². The van der Waals surface area contributed by atoms with Crippen LogP contribution in [0.3, 0.4) is 0 Å². The number of halogens is 4. The first-order valence-electron chi connectivity index (χ1n) is 10.5. The van der Waals surface area contributed by atoms with Gasteiger partial charge in [0.2, 0.25) is 5.95 Å². The minimum atomic E-state index is -4.56. The molecule has 0 atom stereocenters. The number of hydrogen-bond donors (Lipinski definition) is 0. The summed E-state index contributed by atoms with van der Waals surface area (Å²) in [5.74, 6) is -0.874. The molecular formula is C24H26F4N4O2. The summed E-state index contributed by atoms with van der Waals surface area (Å²) in [6, 6.07) is 8.35. The van der Waals surface area contributed by atoms with E-state index >= 15 is 0 Å². The highest BCUT2D eigenvalue weighted by Crippen LogP contribution is 2.35. The van der Waals surface area contributed by atoms with E-state index in [0.717, 1.165) is 6.07 Å². The zero-order chi connectivity index (χ0) is 25.4. The van der Waals surface area contributed by atoms with Crippen LogP contribution in [-0.2, 0) is 22.3 Å². The Balaban J connectivity index is 2.13. The molecule has 2 aromatic carbocycles. The standard InChI is InChI=1S/C24H26F4N4O2/c1-14-7-9-16(11-18(14)24(26,27)28)21-29-30-22(32(21)13-20(33)34-23(3,4)5)31(6)17-10-8-15(2)19(25)12-17/h7-12H,13H2,1-6H3. The van der Waals surface area contributed by atoms with Crippen LogP contribution < -0.4 is 4.90 Å². The normalized spacial score (nSPS) is 12.1. The lowest BCUT2D eigenvalue weighted by molar-refractivity contribution is -0.155. The molecule has 10 heteroatoms. The van der Waals surface area contributed by atoms with E-state index in [2.05, 4.69) is 10.2 Å². The highest BCUT2D eigenvalue weighted by atomic mass is 19.4. The smallest absolute Gasteiger partial charge is 0.416 e. The molecule has 0 spiro atoms. The van der Waals surface area contributed by atoms with Gasteiger partial charge in [-0.25, -0.2) is 4.39 Å². The highest BCUT2D eigenvalue weighted by molar-refractivity contribution is 5.73. The van der Waals surface area contributed by atoms with Crippen LogP contribution >= 0.6 is 0 Å². The molecule has 1 aromatic heterocycles. The third-order valence-corrected chi connectivity index (χ3v) is 5.08. The number of ether oxygens (including phenoxy) is 1. The molecule has 0 amide bonds. The van der Waals surface area contributed by atoms with Gasteiger partial charge in [-0.3, -0.25) is 9.36 Å². The number of aryl methyl sites for hydroxylation is 2. The number of hydrogen-bond acceptors (Lipinski definition) is 5. The Hall–Kier alpha value is -3.43. The number of carbonyl (C=O) groups excluding carboxylic acids is 1. The van der Waals surface area contributed by atoms with E-state index in [9.17, 15) is 22.4 Å². The molecule has 0 bridgehead atoms. The summed E-state index contributed by atoms with van der Waals surface area (Å²) < 4.78 is 61.4. The van der Waals surface area contributed by atoms with Crippen molar-refractivity contribution < 1.29 is 27.1 Å². The first-order valence-corrected chi connectivity index (χ1v) is 10.5. The van der Waals surface area contributed by atoms with E-state index in [4.69, 9.17) is 4.74 Å². The number of rotatable bonds is 5. The van der Waals surface area contributed by atoms with Gasteiger partial charge in [0, 0.05) is 18.3 Å². The van der Waals surface area contributed by atoms with Gasteiger partial charge in [0.05, 0.1) is 5.56 Å². The topological polar surface area (TPSA) is 60.2 Å². The molecule has 0 N–H and O–H groups in total. The van der Waals surface area contributed by atoms with Crippen LogP contribution in [-0.4, -0.2) is 33.4 Å². The van der Waals surface area contributed by atoms with Gasteiger partial charge in [-0.15, -0.1) is 10.2 Å². The second kappa shape index (κ2) is 9.08. The van der Waals surface area contributed by atoms with Crippen LogP contribution in [0.25, 0.3) is 11.4 Å². The maximum atomic E-state index is 14.2. The van der Waals surface area contributed by atoms with Crippen molar-refractivity contribution in [2.75, 3.05) is 11.9 Å². The van der Waals surface area contributed by atoms with Crippen LogP contribution in [0, 0.1) is 19.7 Å². The van der Waals surface area contributed by atoms with Crippen molar-refractivity contribution in [2.24, 2.45) is 0 Å². The Morgan fingerprint density at radius 3 is 2.26 bits per heavy atom. The molecule has 182 valence electrons. The average Bonchev–Trinajstić information content (AvgIpc) is 3.10. The summed E-state index contributed by atoms with van der Waals surface area (Å²) in [7, 11) is 1.60. The average molecular weight is 478 g/mol. The Morgan fingerprint density at radius 1 is 1.03 bits per heavy atom. The van der Waals surface area contributed by atoms with Gasteiger partial charge in [0.25, 0.3) is 0 Å². The molecule has 0 saturated heterocycles. The van der Waals surface area contributed by atoms with E-state index in [-0.39, 0.29) is 29.4 Å². The number of benzene rings is 2. The molecular weight excluding hydrogens is 452 g/mol. The lowest BCUT2D eigenvalue weighted by Crippen LogP contribution is -2.28. The monoisotopic (exact) mass is 478 g/mol. The quantitative estimate of drug-likeness (QED) is 0.341. The van der Waals surface area contributed by atoms with E-state index in [1.165, 1.54) is 34.6 Å². The zero-order valence-corrected chi connectivity index (χ0v) is 19.8. The molecule has 0 radical (unpaired) electrons. The molecule has 1 heterocycles. The summed E-state index contributed by atoms with van der Waals surface area (Å²) in [5.41, 5.74) is -0.525. The minimum absolute atomic E-state index is 0.0470. The third kappa shape index (κ3) is 5.55. The van der Waals surface area contributed by atoms with Crippen LogP contribution in [0.1, 0.15) is 37.5 Å². The maximum absolute atomic E-state index is 14.2. The van der Waals surface area contributed by atoms with Gasteiger partial charge in [0.1, 0.15) is 18.0 Å². The summed E-state index contributed by atoms with van der Waals surface area (Å²) in [6.07, 6.45) is -4.56. The molecule has 0 aliphatic rings. The van der Waals surface area contributed by atoms with Crippen molar-refractivity contribution in [2.45, 2.75) is 52.9 Å². The highest BCUT2D eigenvalue weighted by Gasteiger charge is 2.33. The van der Waals surface area contributed by atoms with Gasteiger partial charge in [0.15, 0.2) is 5.82 Å². The number of nitrogens with zero attached hydrogens (tertiary/aromatic N) is 4. The van der Waals surface area contributed by atoms with Crippen molar-refractivity contribution >= 4 is 17.6 Å². The number of carbonyl (C=O) groups is 1. The lowest BCUT2D eigenvalue weighted by atomic mass is 10.0. The number of anilines is 2. The molecule has 3 rings (SSSR count). The van der Waals surface area contributed by atoms with Crippen molar-refractivity contribution in [3.05, 3.63) is 58.9 Å². The summed E-state index contributed by atoms with van der Waals surface area (Å²) in [6.45, 7) is 7.74. The van der Waals surface area contributed by atoms with Crippen LogP contribution in [0.15, 0.2) is 36.4 Å². The molecule has 6 nitrogen and oxygen atoms in total. The molecule has 0 aliphatic carbocycles. The second-order valence-corrected chi connectivity index (χ2v) is 9.02. The van der Waals surface area contributed by atoms with Crippen molar-refractivity contribution in [3.63, 3.8) is 0 Å². The summed E-state index contributed by atoms with van der Waals surface area (Å²) in [5, 5.41) is 8.19. The molecule has 0 saturated carbocycles. The van der Waals surface area contributed by atoms with Crippen LogP contribution in [0.4, 0.5) is 29.2 Å². The van der Waals surface area contributed by atoms with Gasteiger partial charge in [-0.1, -0.05) is 18.2 Å². The van der Waals surface area contributed by atoms with Gasteiger partial charge < -0.3 is 9.64 Å². The zero-order valence-electron chi connectivity index (χ0n) is 19.8. The minimum Gasteiger partial charge on any atom is -0.459 e. The number of alkyl halides is 3. The first kappa shape index (κ1) is 25.2. The fourth-order valence-electron chi connectivity index (χ4n) is 3.38. The van der Waals surface area contributed by atoms with Crippen LogP contribution in [0.5, 0.6) is 0 Å². The maximum Gasteiger partial charge on any atom is 0.416 e. The van der Waals surface area contributed by atoms with Crippen molar-refractivity contribution in [3.8, 4) is 11.4 Å². The Labute approximate surface area is 195 Å². The third-order valence-electron chi connectivity index (χ3n) is 5.08. The van der Waals surface area contributed by atoms with E-state index in [0.29, 0.717) is 11.3 Å². The molecule has 0 fully saturated rings. The molecule has 0 aliphatic heterocycles. The van der Waals surface area contributed by atoms with E-state index < -0.39 is 29.1 Å². The Kier molecular flexibility index (Phi) is 6.73. The fourth-order valence-corrected chi connectivity index (χ4v) is 3.38. The molecule has 3 aromatic rings. The predicted molar refractivity (Wildman–Crippen MR) is 120 cm³/mol. The van der Waals surface area contributed by atoms with Crippen LogP contribution in [0.2, 0.25) is 0 Å². The Morgan fingerprint density at radius 2 is 1.68 bits per heavy atom. The van der Waals surface area contributed by atoms with E-state index in [1.54, 1.807) is 46.9 Å².